The number of piperidine rings is 1. The van der Waals surface area contributed by atoms with Crippen LogP contribution in [0.25, 0.3) is 11.1 Å². The van der Waals surface area contributed by atoms with Crippen molar-refractivity contribution in [3.63, 3.8) is 0 Å². The van der Waals surface area contributed by atoms with E-state index in [9.17, 15) is 9.18 Å². The number of halogens is 1. The Balaban J connectivity index is 1.65. The molecule has 0 bridgehead atoms. The van der Waals surface area contributed by atoms with E-state index in [4.69, 9.17) is 4.98 Å². The van der Waals surface area contributed by atoms with Crippen molar-refractivity contribution < 1.29 is 9.18 Å². The molecule has 4 rings (SSSR count). The van der Waals surface area contributed by atoms with Crippen LogP contribution < -0.4 is 4.90 Å². The number of hydrogen-bond acceptors (Lipinski definition) is 4. The summed E-state index contributed by atoms with van der Waals surface area (Å²) < 4.78 is 13.4. The van der Waals surface area contributed by atoms with E-state index in [0.717, 1.165) is 49.0 Å². The summed E-state index contributed by atoms with van der Waals surface area (Å²) in [5.41, 5.74) is 2.79. The monoisotopic (exact) mass is 396 g/mol. The number of hydrogen-bond donors (Lipinski definition) is 0. The van der Waals surface area contributed by atoms with Crippen LogP contribution in [-0.4, -0.2) is 48.0 Å². The topological polar surface area (TPSA) is 49.3 Å². The van der Waals surface area contributed by atoms with Crippen LogP contribution in [0.4, 0.5) is 10.3 Å². The molecule has 2 aromatic rings. The summed E-state index contributed by atoms with van der Waals surface area (Å²) in [4.78, 5) is 26.3. The van der Waals surface area contributed by atoms with Crippen molar-refractivity contribution in [2.75, 3.05) is 32.1 Å². The van der Waals surface area contributed by atoms with Crippen LogP contribution >= 0.6 is 0 Å². The van der Waals surface area contributed by atoms with Gasteiger partial charge in [-0.05, 0) is 43.4 Å². The smallest absolute Gasteiger partial charge is 0.225 e. The van der Waals surface area contributed by atoms with Gasteiger partial charge in [0.2, 0.25) is 11.9 Å². The molecule has 1 saturated heterocycles. The maximum atomic E-state index is 13.4. The Morgan fingerprint density at radius 1 is 1.10 bits per heavy atom. The zero-order valence-corrected chi connectivity index (χ0v) is 17.3. The van der Waals surface area contributed by atoms with Crippen molar-refractivity contribution >= 4 is 11.9 Å². The molecule has 0 N–H and O–H groups in total. The van der Waals surface area contributed by atoms with Crippen LogP contribution in [-0.2, 0) is 4.79 Å². The van der Waals surface area contributed by atoms with Crippen LogP contribution in [0.1, 0.15) is 50.1 Å². The zero-order chi connectivity index (χ0) is 20.4. The first-order valence-electron chi connectivity index (χ1n) is 10.6. The summed E-state index contributed by atoms with van der Waals surface area (Å²) in [6.07, 6.45) is 8.20. The average molecular weight is 397 g/mol. The van der Waals surface area contributed by atoms with Crippen LogP contribution in [0.2, 0.25) is 0 Å². The van der Waals surface area contributed by atoms with Gasteiger partial charge < -0.3 is 9.80 Å². The van der Waals surface area contributed by atoms with E-state index in [0.29, 0.717) is 18.4 Å². The lowest BCUT2D eigenvalue weighted by Gasteiger charge is -2.35. The molecular formula is C23H29FN4O. The maximum absolute atomic E-state index is 13.4. The van der Waals surface area contributed by atoms with E-state index in [1.54, 1.807) is 12.1 Å². The van der Waals surface area contributed by atoms with Gasteiger partial charge in [-0.1, -0.05) is 25.0 Å². The van der Waals surface area contributed by atoms with E-state index in [2.05, 4.69) is 9.88 Å². The lowest BCUT2D eigenvalue weighted by Crippen LogP contribution is -2.42. The Kier molecular flexibility index (Phi) is 5.79. The molecule has 2 heterocycles. The lowest BCUT2D eigenvalue weighted by molar-refractivity contribution is -0.136. The van der Waals surface area contributed by atoms with Crippen molar-refractivity contribution in [2.45, 2.75) is 44.4 Å². The van der Waals surface area contributed by atoms with Crippen molar-refractivity contribution in [1.82, 2.24) is 14.9 Å². The molecule has 1 aromatic carbocycles. The minimum absolute atomic E-state index is 0.163. The molecular weight excluding hydrogens is 367 g/mol. The van der Waals surface area contributed by atoms with Crippen molar-refractivity contribution in [3.8, 4) is 11.1 Å². The summed E-state index contributed by atoms with van der Waals surface area (Å²) in [5.74, 6) is 1.08. The minimum Gasteiger partial charge on any atom is -0.347 e. The van der Waals surface area contributed by atoms with Gasteiger partial charge in [0.25, 0.3) is 0 Å². The molecule has 1 aromatic heterocycles. The van der Waals surface area contributed by atoms with Crippen LogP contribution in [0.3, 0.4) is 0 Å². The Labute approximate surface area is 172 Å². The predicted molar refractivity (Wildman–Crippen MR) is 112 cm³/mol. The van der Waals surface area contributed by atoms with Gasteiger partial charge in [-0.15, -0.1) is 0 Å². The molecule has 0 spiro atoms. The molecule has 1 unspecified atom stereocenters. The molecule has 154 valence electrons. The van der Waals surface area contributed by atoms with E-state index < -0.39 is 0 Å². The summed E-state index contributed by atoms with van der Waals surface area (Å²) in [5, 5.41) is 0. The van der Waals surface area contributed by atoms with E-state index in [-0.39, 0.29) is 17.7 Å². The number of aromatic nitrogens is 2. The highest BCUT2D eigenvalue weighted by Gasteiger charge is 2.32. The number of carbonyl (C=O) groups is 1. The minimum atomic E-state index is -0.257. The number of likely N-dealkylation sites (tertiary alicyclic amines) is 1. The molecule has 1 amide bonds. The molecule has 2 fully saturated rings. The summed E-state index contributed by atoms with van der Waals surface area (Å²) >= 11 is 0. The Morgan fingerprint density at radius 2 is 1.83 bits per heavy atom. The largest absolute Gasteiger partial charge is 0.347 e. The third kappa shape index (κ3) is 4.26. The maximum Gasteiger partial charge on any atom is 0.225 e. The highest BCUT2D eigenvalue weighted by Crippen LogP contribution is 2.35. The third-order valence-electron chi connectivity index (χ3n) is 6.18. The first-order chi connectivity index (χ1) is 14.0. The number of nitrogens with zero attached hydrogens (tertiary/aromatic N) is 4. The normalized spacial score (nSPS) is 20.1. The van der Waals surface area contributed by atoms with E-state index in [1.165, 1.54) is 25.0 Å². The lowest BCUT2D eigenvalue weighted by atomic mass is 9.89. The van der Waals surface area contributed by atoms with Gasteiger partial charge in [0.15, 0.2) is 0 Å². The number of carbonyl (C=O) groups excluding carboxylic acids is 1. The quantitative estimate of drug-likeness (QED) is 0.775. The fourth-order valence-electron chi connectivity index (χ4n) is 4.60. The SMILES string of the molecule is CN(C)c1ncc(-c2ccc(F)cc2)c(C2CCCN(C(=O)C3CCCC3)C2)n1. The first-order valence-corrected chi connectivity index (χ1v) is 10.6. The summed E-state index contributed by atoms with van der Waals surface area (Å²) in [6, 6.07) is 6.49. The molecule has 1 saturated carbocycles. The number of benzene rings is 1. The Hall–Kier alpha value is -2.50. The Morgan fingerprint density at radius 3 is 2.52 bits per heavy atom. The van der Waals surface area contributed by atoms with E-state index in [1.807, 2.05) is 25.2 Å². The number of anilines is 1. The summed E-state index contributed by atoms with van der Waals surface area (Å²) in [6.45, 7) is 1.54. The van der Waals surface area contributed by atoms with Gasteiger partial charge >= 0.3 is 0 Å². The van der Waals surface area contributed by atoms with Crippen LogP contribution in [0, 0.1) is 11.7 Å². The van der Waals surface area contributed by atoms with Crippen molar-refractivity contribution in [3.05, 3.63) is 42.0 Å². The third-order valence-corrected chi connectivity index (χ3v) is 6.18. The van der Waals surface area contributed by atoms with Gasteiger partial charge in [0.05, 0.1) is 5.69 Å². The van der Waals surface area contributed by atoms with E-state index >= 15 is 0 Å². The van der Waals surface area contributed by atoms with Crippen LogP contribution in [0.15, 0.2) is 30.5 Å². The van der Waals surface area contributed by atoms with Gasteiger partial charge in [-0.2, -0.15) is 0 Å². The van der Waals surface area contributed by atoms with Gasteiger partial charge in [0.1, 0.15) is 5.82 Å². The molecule has 1 aliphatic heterocycles. The second-order valence-corrected chi connectivity index (χ2v) is 8.48. The predicted octanol–water partition coefficient (Wildman–Crippen LogP) is 4.24. The molecule has 2 aliphatic rings. The average Bonchev–Trinajstić information content (AvgIpc) is 3.28. The highest BCUT2D eigenvalue weighted by atomic mass is 19.1. The fraction of sp³-hybridized carbons (Fsp3) is 0.522. The zero-order valence-electron chi connectivity index (χ0n) is 17.3. The van der Waals surface area contributed by atoms with Gasteiger partial charge in [-0.25, -0.2) is 14.4 Å². The first kappa shape index (κ1) is 19.8. The highest BCUT2D eigenvalue weighted by molar-refractivity contribution is 5.79. The van der Waals surface area contributed by atoms with Crippen LogP contribution in [0.5, 0.6) is 0 Å². The van der Waals surface area contributed by atoms with Gasteiger partial charge in [-0.3, -0.25) is 4.79 Å². The second-order valence-electron chi connectivity index (χ2n) is 8.48. The Bertz CT molecular complexity index is 862. The number of rotatable bonds is 4. The number of amides is 1. The van der Waals surface area contributed by atoms with Crippen molar-refractivity contribution in [2.24, 2.45) is 5.92 Å². The summed E-state index contributed by atoms with van der Waals surface area (Å²) in [7, 11) is 3.85. The standard InChI is InChI=1S/C23H29FN4O/c1-27(2)23-25-14-20(16-9-11-19(24)12-10-16)21(26-23)18-8-5-13-28(15-18)22(29)17-6-3-4-7-17/h9-12,14,17-18H,3-8,13,15H2,1-2H3. The van der Waals surface area contributed by atoms with Gasteiger partial charge in [0, 0.05) is 50.8 Å². The molecule has 29 heavy (non-hydrogen) atoms. The molecule has 1 aliphatic carbocycles. The molecule has 6 heteroatoms. The second kappa shape index (κ2) is 8.47. The molecule has 0 radical (unpaired) electrons. The van der Waals surface area contributed by atoms with Crippen molar-refractivity contribution in [1.29, 1.82) is 0 Å². The molecule has 1 atom stereocenters. The molecule has 5 nitrogen and oxygen atoms in total. The fourth-order valence-corrected chi connectivity index (χ4v) is 4.60.